The van der Waals surface area contributed by atoms with Crippen molar-refractivity contribution in [3.05, 3.63) is 33.5 Å². The predicted molar refractivity (Wildman–Crippen MR) is 62.8 cm³/mol. The summed E-state index contributed by atoms with van der Waals surface area (Å²) in [7, 11) is 0. The van der Waals surface area contributed by atoms with Crippen LogP contribution in [0.3, 0.4) is 0 Å². The van der Waals surface area contributed by atoms with E-state index in [9.17, 15) is 4.39 Å². The number of hydrogen-bond donors (Lipinski definition) is 0. The molecule has 0 saturated heterocycles. The largest absolute Gasteiger partial charge is 0.206 e. The van der Waals surface area contributed by atoms with Crippen LogP contribution in [0.4, 0.5) is 4.39 Å². The summed E-state index contributed by atoms with van der Waals surface area (Å²) in [5.41, 5.74) is 2.08. The molecule has 0 aliphatic heterocycles. The fourth-order valence-electron chi connectivity index (χ4n) is 0.831. The zero-order chi connectivity index (χ0) is 10.4. The van der Waals surface area contributed by atoms with Gasteiger partial charge in [0.1, 0.15) is 5.82 Å². The summed E-state index contributed by atoms with van der Waals surface area (Å²) < 4.78 is 13.4. The lowest BCUT2D eigenvalue weighted by Gasteiger charge is -2.02. The third-order valence-corrected chi connectivity index (χ3v) is 2.73. The maximum atomic E-state index is 12.9. The Hall–Kier alpha value is 0.110. The Morgan fingerprint density at radius 1 is 1.31 bits per heavy atom. The van der Waals surface area contributed by atoms with Gasteiger partial charge >= 0.3 is 0 Å². The van der Waals surface area contributed by atoms with Crippen molar-refractivity contribution in [1.29, 1.82) is 0 Å². The number of hydrogen-bond acceptors (Lipinski definition) is 0. The standard InChI is InChI=1S/C8H7Br2F.C2H6/c1-5-2-7(10)8(11)3-6(5)4-9;1-2/h2-3H,4H2,1H3;1-2H3. The Kier molecular flexibility index (Phi) is 6.60. The van der Waals surface area contributed by atoms with Crippen molar-refractivity contribution in [2.24, 2.45) is 0 Å². The van der Waals surface area contributed by atoms with Gasteiger partial charge in [0.15, 0.2) is 0 Å². The van der Waals surface area contributed by atoms with Gasteiger partial charge in [-0.25, -0.2) is 4.39 Å². The lowest BCUT2D eigenvalue weighted by Crippen LogP contribution is -1.87. The van der Waals surface area contributed by atoms with Gasteiger partial charge in [-0.15, -0.1) is 0 Å². The molecule has 0 spiro atoms. The van der Waals surface area contributed by atoms with Crippen LogP contribution >= 0.6 is 31.9 Å². The van der Waals surface area contributed by atoms with Crippen molar-refractivity contribution >= 4 is 31.9 Å². The van der Waals surface area contributed by atoms with Crippen LogP contribution in [0.5, 0.6) is 0 Å². The smallest absolute Gasteiger partial charge is 0.137 e. The van der Waals surface area contributed by atoms with Crippen LogP contribution in [0.15, 0.2) is 16.6 Å². The van der Waals surface area contributed by atoms with Gasteiger partial charge in [-0.1, -0.05) is 29.8 Å². The van der Waals surface area contributed by atoms with Crippen LogP contribution in [0.2, 0.25) is 0 Å². The molecule has 1 aromatic rings. The van der Waals surface area contributed by atoms with E-state index < -0.39 is 0 Å². The summed E-state index contributed by atoms with van der Waals surface area (Å²) in [6.07, 6.45) is 0. The Morgan fingerprint density at radius 3 is 2.31 bits per heavy atom. The normalized spacial score (nSPS) is 9.08. The highest BCUT2D eigenvalue weighted by atomic mass is 79.9. The SMILES string of the molecule is CC.Cc1cc(Br)c(F)cc1CBr. The van der Waals surface area contributed by atoms with E-state index in [2.05, 4.69) is 31.9 Å². The minimum atomic E-state index is -0.204. The van der Waals surface area contributed by atoms with Crippen molar-refractivity contribution in [2.75, 3.05) is 0 Å². The molecule has 0 aliphatic rings. The van der Waals surface area contributed by atoms with Crippen LogP contribution in [0.25, 0.3) is 0 Å². The van der Waals surface area contributed by atoms with E-state index in [1.54, 1.807) is 6.07 Å². The van der Waals surface area contributed by atoms with Gasteiger partial charge in [0.05, 0.1) is 4.47 Å². The number of halogens is 3. The van der Waals surface area contributed by atoms with E-state index in [1.807, 2.05) is 20.8 Å². The molecule has 0 bridgehead atoms. The van der Waals surface area contributed by atoms with E-state index in [0.29, 0.717) is 9.80 Å². The first kappa shape index (κ1) is 13.1. The highest BCUT2D eigenvalue weighted by Gasteiger charge is 2.02. The minimum Gasteiger partial charge on any atom is -0.206 e. The molecule has 0 atom stereocenters. The molecule has 0 aliphatic carbocycles. The third kappa shape index (κ3) is 3.77. The van der Waals surface area contributed by atoms with E-state index in [-0.39, 0.29) is 5.82 Å². The third-order valence-electron chi connectivity index (χ3n) is 1.52. The molecule has 0 N–H and O–H groups in total. The highest BCUT2D eigenvalue weighted by Crippen LogP contribution is 2.21. The van der Waals surface area contributed by atoms with Gasteiger partial charge in [-0.05, 0) is 46.1 Å². The maximum absolute atomic E-state index is 12.9. The topological polar surface area (TPSA) is 0 Å². The molecule has 1 aromatic carbocycles. The lowest BCUT2D eigenvalue weighted by molar-refractivity contribution is 0.619. The number of benzene rings is 1. The number of aryl methyl sites for hydroxylation is 1. The molecule has 0 nitrogen and oxygen atoms in total. The Bertz CT molecular complexity index is 272. The van der Waals surface area contributed by atoms with E-state index in [1.165, 1.54) is 6.07 Å². The van der Waals surface area contributed by atoms with E-state index in [4.69, 9.17) is 0 Å². The van der Waals surface area contributed by atoms with Gasteiger partial charge in [0.25, 0.3) is 0 Å². The molecular formula is C10H13Br2F. The van der Waals surface area contributed by atoms with Crippen molar-refractivity contribution in [3.8, 4) is 0 Å². The molecule has 0 fully saturated rings. The lowest BCUT2D eigenvalue weighted by atomic mass is 10.1. The molecule has 0 heterocycles. The van der Waals surface area contributed by atoms with Crippen LogP contribution in [-0.2, 0) is 5.33 Å². The summed E-state index contributed by atoms with van der Waals surface area (Å²) in [6, 6.07) is 3.32. The van der Waals surface area contributed by atoms with Crippen LogP contribution in [0, 0.1) is 12.7 Å². The molecule has 0 radical (unpaired) electrons. The molecular weight excluding hydrogens is 299 g/mol. The van der Waals surface area contributed by atoms with Crippen molar-refractivity contribution in [3.63, 3.8) is 0 Å². The van der Waals surface area contributed by atoms with E-state index in [0.717, 1.165) is 11.1 Å². The summed E-state index contributed by atoms with van der Waals surface area (Å²) in [5.74, 6) is -0.204. The van der Waals surface area contributed by atoms with Gasteiger partial charge in [-0.2, -0.15) is 0 Å². The summed E-state index contributed by atoms with van der Waals surface area (Å²) >= 11 is 6.40. The maximum Gasteiger partial charge on any atom is 0.137 e. The zero-order valence-electron chi connectivity index (χ0n) is 8.00. The molecule has 74 valence electrons. The fourth-order valence-corrected chi connectivity index (χ4v) is 1.89. The summed E-state index contributed by atoms with van der Waals surface area (Å²) in [6.45, 7) is 5.96. The first-order valence-electron chi connectivity index (χ1n) is 4.15. The van der Waals surface area contributed by atoms with Gasteiger partial charge < -0.3 is 0 Å². The molecule has 0 saturated carbocycles. The van der Waals surface area contributed by atoms with E-state index >= 15 is 0 Å². The van der Waals surface area contributed by atoms with Crippen molar-refractivity contribution in [1.82, 2.24) is 0 Å². The average molecular weight is 312 g/mol. The summed E-state index contributed by atoms with van der Waals surface area (Å²) in [4.78, 5) is 0. The Labute approximate surface area is 95.8 Å². The number of alkyl halides is 1. The van der Waals surface area contributed by atoms with Crippen molar-refractivity contribution < 1.29 is 4.39 Å². The molecule has 3 heteroatoms. The quantitative estimate of drug-likeness (QED) is 0.652. The minimum absolute atomic E-state index is 0.204. The molecule has 0 amide bonds. The Balaban J connectivity index is 0.000000671. The van der Waals surface area contributed by atoms with Crippen LogP contribution in [0.1, 0.15) is 25.0 Å². The first-order valence-corrected chi connectivity index (χ1v) is 6.07. The van der Waals surface area contributed by atoms with Gasteiger partial charge in [0, 0.05) is 5.33 Å². The molecule has 13 heavy (non-hydrogen) atoms. The average Bonchev–Trinajstić information content (AvgIpc) is 2.15. The molecule has 0 aromatic heterocycles. The molecule has 0 unspecified atom stereocenters. The van der Waals surface area contributed by atoms with Crippen LogP contribution < -0.4 is 0 Å². The second kappa shape index (κ2) is 6.55. The monoisotopic (exact) mass is 310 g/mol. The summed E-state index contributed by atoms with van der Waals surface area (Å²) in [5, 5.41) is 0.697. The van der Waals surface area contributed by atoms with Gasteiger partial charge in [-0.3, -0.25) is 0 Å². The fraction of sp³-hybridized carbons (Fsp3) is 0.400. The second-order valence-corrected chi connectivity index (χ2v) is 3.74. The second-order valence-electron chi connectivity index (χ2n) is 2.33. The zero-order valence-corrected chi connectivity index (χ0v) is 11.2. The van der Waals surface area contributed by atoms with Crippen molar-refractivity contribution in [2.45, 2.75) is 26.1 Å². The first-order chi connectivity index (χ1) is 6.15. The highest BCUT2D eigenvalue weighted by molar-refractivity contribution is 9.10. The molecule has 1 rings (SSSR count). The number of rotatable bonds is 1. The predicted octanol–water partition coefficient (Wildman–Crippen LogP) is 4.82. The van der Waals surface area contributed by atoms with Crippen LogP contribution in [-0.4, -0.2) is 0 Å². The van der Waals surface area contributed by atoms with Gasteiger partial charge in [0.2, 0.25) is 0 Å². The Morgan fingerprint density at radius 2 is 1.85 bits per heavy atom.